The Morgan fingerprint density at radius 2 is 1.81 bits per heavy atom. The minimum atomic E-state index is -0.345. The number of aliphatic imine (C=N–C) groups is 1. The Hall–Kier alpha value is -3.09. The Labute approximate surface area is 152 Å². The Morgan fingerprint density at radius 1 is 1.08 bits per heavy atom. The number of guanidine groups is 1. The molecule has 0 radical (unpaired) electrons. The lowest BCUT2D eigenvalue weighted by atomic mass is 10.3. The second-order valence-corrected chi connectivity index (χ2v) is 5.42. The first-order chi connectivity index (χ1) is 12.7. The zero-order valence-electron chi connectivity index (χ0n) is 14.7. The van der Waals surface area contributed by atoms with Crippen molar-refractivity contribution in [3.05, 3.63) is 60.4 Å². The number of halogens is 1. The zero-order valence-corrected chi connectivity index (χ0v) is 14.7. The maximum Gasteiger partial charge on any atom is 0.243 e. The lowest BCUT2D eigenvalue weighted by Gasteiger charge is -2.12. The third-order valence-corrected chi connectivity index (χ3v) is 3.39. The van der Waals surface area contributed by atoms with Gasteiger partial charge in [-0.05, 0) is 42.8 Å². The molecule has 6 nitrogen and oxygen atoms in total. The van der Waals surface area contributed by atoms with E-state index in [0.29, 0.717) is 24.8 Å². The summed E-state index contributed by atoms with van der Waals surface area (Å²) in [4.78, 5) is 15.9. The molecular weight excluding hydrogens is 335 g/mol. The molecule has 3 N–H and O–H groups in total. The Morgan fingerprint density at radius 3 is 2.50 bits per heavy atom. The van der Waals surface area contributed by atoms with E-state index < -0.39 is 0 Å². The highest BCUT2D eigenvalue weighted by atomic mass is 19.1. The Balaban J connectivity index is 1.61. The van der Waals surface area contributed by atoms with Gasteiger partial charge in [0.25, 0.3) is 0 Å². The normalized spacial score (nSPS) is 10.9. The van der Waals surface area contributed by atoms with Crippen LogP contribution in [0, 0.1) is 5.82 Å². The second kappa shape index (κ2) is 10.7. The molecule has 0 saturated carbocycles. The standard InChI is InChI=1S/C19H23FN4O2/c1-21-19(22-12-5-13-26-17-6-3-2-4-7-17)23-14-18(25)24-16-10-8-15(20)9-11-16/h2-4,6-11H,5,12-14H2,1H3,(H,24,25)(H2,21,22,23). The molecule has 2 rings (SSSR count). The van der Waals surface area contributed by atoms with Gasteiger partial charge in [0.2, 0.25) is 5.91 Å². The number of ether oxygens (including phenoxy) is 1. The predicted molar refractivity (Wildman–Crippen MR) is 101 cm³/mol. The van der Waals surface area contributed by atoms with Crippen LogP contribution in [0.1, 0.15) is 6.42 Å². The van der Waals surface area contributed by atoms with Gasteiger partial charge in [-0.15, -0.1) is 0 Å². The molecule has 2 aromatic rings. The fourth-order valence-electron chi connectivity index (χ4n) is 2.11. The van der Waals surface area contributed by atoms with Crippen LogP contribution in [0.2, 0.25) is 0 Å². The van der Waals surface area contributed by atoms with E-state index in [1.54, 1.807) is 7.05 Å². The number of hydrogen-bond acceptors (Lipinski definition) is 3. The number of benzene rings is 2. The molecule has 138 valence electrons. The van der Waals surface area contributed by atoms with Crippen molar-refractivity contribution in [2.24, 2.45) is 4.99 Å². The number of anilines is 1. The Kier molecular flexibility index (Phi) is 7.92. The summed E-state index contributed by atoms with van der Waals surface area (Å²) in [5.41, 5.74) is 0.541. The van der Waals surface area contributed by atoms with E-state index in [2.05, 4.69) is 20.9 Å². The number of carbonyl (C=O) groups is 1. The molecular formula is C19H23FN4O2. The first-order valence-corrected chi connectivity index (χ1v) is 8.35. The SMILES string of the molecule is CN=C(NCCCOc1ccccc1)NCC(=O)Nc1ccc(F)cc1. The average Bonchev–Trinajstić information content (AvgIpc) is 2.66. The first kappa shape index (κ1) is 19.2. The Bertz CT molecular complexity index is 705. The highest BCUT2D eigenvalue weighted by Crippen LogP contribution is 2.08. The van der Waals surface area contributed by atoms with Crippen molar-refractivity contribution in [1.29, 1.82) is 0 Å². The number of amides is 1. The van der Waals surface area contributed by atoms with Crippen LogP contribution in [0.3, 0.4) is 0 Å². The van der Waals surface area contributed by atoms with Gasteiger partial charge in [0.05, 0.1) is 13.2 Å². The number of nitrogens with one attached hydrogen (secondary N) is 3. The van der Waals surface area contributed by atoms with Crippen LogP contribution in [-0.4, -0.2) is 38.6 Å². The molecule has 0 aliphatic heterocycles. The number of hydrogen-bond donors (Lipinski definition) is 3. The van der Waals surface area contributed by atoms with E-state index >= 15 is 0 Å². The zero-order chi connectivity index (χ0) is 18.6. The van der Waals surface area contributed by atoms with Crippen molar-refractivity contribution < 1.29 is 13.9 Å². The molecule has 2 aromatic carbocycles. The van der Waals surface area contributed by atoms with Gasteiger partial charge < -0.3 is 20.7 Å². The topological polar surface area (TPSA) is 74.8 Å². The third kappa shape index (κ3) is 7.21. The maximum absolute atomic E-state index is 12.8. The van der Waals surface area contributed by atoms with Gasteiger partial charge in [-0.25, -0.2) is 4.39 Å². The molecule has 0 aliphatic carbocycles. The van der Waals surface area contributed by atoms with Gasteiger partial charge in [0.15, 0.2) is 5.96 Å². The van der Waals surface area contributed by atoms with Crippen LogP contribution >= 0.6 is 0 Å². The molecule has 0 saturated heterocycles. The summed E-state index contributed by atoms with van der Waals surface area (Å²) >= 11 is 0. The first-order valence-electron chi connectivity index (χ1n) is 8.35. The maximum atomic E-state index is 12.8. The van der Waals surface area contributed by atoms with Crippen molar-refractivity contribution in [3.8, 4) is 5.75 Å². The highest BCUT2D eigenvalue weighted by Gasteiger charge is 2.04. The average molecular weight is 358 g/mol. The van der Waals surface area contributed by atoms with Crippen LogP contribution in [0.25, 0.3) is 0 Å². The van der Waals surface area contributed by atoms with Gasteiger partial charge in [-0.2, -0.15) is 0 Å². The summed E-state index contributed by atoms with van der Waals surface area (Å²) in [6, 6.07) is 15.2. The number of nitrogens with zero attached hydrogens (tertiary/aromatic N) is 1. The highest BCUT2D eigenvalue weighted by molar-refractivity contribution is 5.94. The number of rotatable bonds is 8. The third-order valence-electron chi connectivity index (χ3n) is 3.39. The molecule has 0 bridgehead atoms. The molecule has 0 aliphatic rings. The molecule has 0 atom stereocenters. The second-order valence-electron chi connectivity index (χ2n) is 5.42. The molecule has 0 fully saturated rings. The summed E-state index contributed by atoms with van der Waals surface area (Å²) in [5.74, 6) is 0.778. The number of carbonyl (C=O) groups excluding carboxylic acids is 1. The van der Waals surface area contributed by atoms with Crippen molar-refractivity contribution >= 4 is 17.6 Å². The van der Waals surface area contributed by atoms with Gasteiger partial charge in [0, 0.05) is 19.3 Å². The van der Waals surface area contributed by atoms with Crippen LogP contribution in [0.4, 0.5) is 10.1 Å². The summed E-state index contributed by atoms with van der Waals surface area (Å²) in [7, 11) is 1.63. The fourth-order valence-corrected chi connectivity index (χ4v) is 2.11. The van der Waals surface area contributed by atoms with Gasteiger partial charge in [-0.3, -0.25) is 9.79 Å². The van der Waals surface area contributed by atoms with E-state index in [1.807, 2.05) is 30.3 Å². The summed E-state index contributed by atoms with van der Waals surface area (Å²) < 4.78 is 18.4. The van der Waals surface area contributed by atoms with Crippen LogP contribution in [0.5, 0.6) is 5.75 Å². The minimum absolute atomic E-state index is 0.0531. The van der Waals surface area contributed by atoms with E-state index in [0.717, 1.165) is 12.2 Å². The molecule has 7 heteroatoms. The van der Waals surface area contributed by atoms with E-state index in [4.69, 9.17) is 4.74 Å². The molecule has 0 unspecified atom stereocenters. The van der Waals surface area contributed by atoms with Crippen molar-refractivity contribution in [3.63, 3.8) is 0 Å². The van der Waals surface area contributed by atoms with E-state index in [1.165, 1.54) is 24.3 Å². The van der Waals surface area contributed by atoms with E-state index in [9.17, 15) is 9.18 Å². The van der Waals surface area contributed by atoms with E-state index in [-0.39, 0.29) is 18.3 Å². The van der Waals surface area contributed by atoms with Crippen LogP contribution in [0.15, 0.2) is 59.6 Å². The van der Waals surface area contributed by atoms with Crippen LogP contribution in [-0.2, 0) is 4.79 Å². The molecule has 1 amide bonds. The van der Waals surface area contributed by atoms with Crippen molar-refractivity contribution in [2.75, 3.05) is 32.1 Å². The van der Waals surface area contributed by atoms with Gasteiger partial charge >= 0.3 is 0 Å². The van der Waals surface area contributed by atoms with Gasteiger partial charge in [0.1, 0.15) is 11.6 Å². The molecule has 0 spiro atoms. The molecule has 26 heavy (non-hydrogen) atoms. The summed E-state index contributed by atoms with van der Waals surface area (Å²) in [5, 5.41) is 8.71. The molecule has 0 aromatic heterocycles. The number of para-hydroxylation sites is 1. The lowest BCUT2D eigenvalue weighted by Crippen LogP contribution is -2.41. The monoisotopic (exact) mass is 358 g/mol. The largest absolute Gasteiger partial charge is 0.494 e. The van der Waals surface area contributed by atoms with Gasteiger partial charge in [-0.1, -0.05) is 18.2 Å². The lowest BCUT2D eigenvalue weighted by molar-refractivity contribution is -0.115. The summed E-state index contributed by atoms with van der Waals surface area (Å²) in [6.45, 7) is 1.29. The predicted octanol–water partition coefficient (Wildman–Crippen LogP) is 2.40. The molecule has 0 heterocycles. The van der Waals surface area contributed by atoms with Crippen LogP contribution < -0.4 is 20.7 Å². The van der Waals surface area contributed by atoms with Crippen molar-refractivity contribution in [1.82, 2.24) is 10.6 Å². The summed E-state index contributed by atoms with van der Waals surface area (Å²) in [6.07, 6.45) is 0.789. The minimum Gasteiger partial charge on any atom is -0.494 e. The quantitative estimate of drug-likeness (QED) is 0.385. The van der Waals surface area contributed by atoms with Crippen molar-refractivity contribution in [2.45, 2.75) is 6.42 Å². The fraction of sp³-hybridized carbons (Fsp3) is 0.263. The smallest absolute Gasteiger partial charge is 0.243 e.